The molecule has 0 amide bonds. The van der Waals surface area contributed by atoms with E-state index in [-0.39, 0.29) is 0 Å². The van der Waals surface area contributed by atoms with Gasteiger partial charge in [0.2, 0.25) is 0 Å². The number of nitrogens with one attached hydrogen (secondary N) is 1. The molecule has 1 saturated heterocycles. The lowest BCUT2D eigenvalue weighted by Crippen LogP contribution is -2.47. The molecule has 1 aliphatic heterocycles. The van der Waals surface area contributed by atoms with Gasteiger partial charge < -0.3 is 10.2 Å². The lowest BCUT2D eigenvalue weighted by atomic mass is 9.77. The Balaban J connectivity index is 1.51. The van der Waals surface area contributed by atoms with Crippen LogP contribution in [0.4, 0.5) is 0 Å². The number of rotatable bonds is 6. The summed E-state index contributed by atoms with van der Waals surface area (Å²) < 4.78 is 0. The van der Waals surface area contributed by atoms with E-state index in [0.717, 1.165) is 6.04 Å². The van der Waals surface area contributed by atoms with Crippen LogP contribution < -0.4 is 5.32 Å². The van der Waals surface area contributed by atoms with Gasteiger partial charge in [0, 0.05) is 19.1 Å². The van der Waals surface area contributed by atoms with Gasteiger partial charge in [-0.3, -0.25) is 0 Å². The van der Waals surface area contributed by atoms with Gasteiger partial charge in [0.1, 0.15) is 0 Å². The SMILES string of the molecule is CCC1(C)CCN(CC2(CNC3CC3)CCCC2)CC1. The van der Waals surface area contributed by atoms with E-state index in [1.165, 1.54) is 84.0 Å². The first-order valence-electron chi connectivity index (χ1n) is 9.09. The Morgan fingerprint density at radius 2 is 1.70 bits per heavy atom. The topological polar surface area (TPSA) is 15.3 Å². The molecule has 0 bridgehead atoms. The minimum absolute atomic E-state index is 0.614. The van der Waals surface area contributed by atoms with Crippen LogP contribution in [0.25, 0.3) is 0 Å². The fraction of sp³-hybridized carbons (Fsp3) is 1.00. The average molecular weight is 278 g/mol. The molecule has 2 nitrogen and oxygen atoms in total. The average Bonchev–Trinajstić information content (AvgIpc) is 3.19. The fourth-order valence-corrected chi connectivity index (χ4v) is 4.24. The van der Waals surface area contributed by atoms with Crippen molar-refractivity contribution in [2.24, 2.45) is 10.8 Å². The van der Waals surface area contributed by atoms with Crippen molar-refractivity contribution < 1.29 is 0 Å². The molecule has 0 aromatic heterocycles. The molecule has 0 aromatic rings. The quantitative estimate of drug-likeness (QED) is 0.795. The van der Waals surface area contributed by atoms with Crippen molar-refractivity contribution in [1.29, 1.82) is 0 Å². The summed E-state index contributed by atoms with van der Waals surface area (Å²) in [5.41, 5.74) is 1.24. The summed E-state index contributed by atoms with van der Waals surface area (Å²) in [4.78, 5) is 2.79. The fourth-order valence-electron chi connectivity index (χ4n) is 4.24. The molecule has 0 spiro atoms. The largest absolute Gasteiger partial charge is 0.313 e. The minimum atomic E-state index is 0.614. The second kappa shape index (κ2) is 5.96. The Kier molecular flexibility index (Phi) is 4.42. The highest BCUT2D eigenvalue weighted by Gasteiger charge is 2.38. The normalized spacial score (nSPS) is 29.7. The van der Waals surface area contributed by atoms with Crippen molar-refractivity contribution >= 4 is 0 Å². The minimum Gasteiger partial charge on any atom is -0.313 e. The maximum Gasteiger partial charge on any atom is 0.00684 e. The lowest BCUT2D eigenvalue weighted by molar-refractivity contribution is 0.0724. The second-order valence-electron chi connectivity index (χ2n) is 8.30. The zero-order valence-electron chi connectivity index (χ0n) is 13.7. The second-order valence-corrected chi connectivity index (χ2v) is 8.30. The van der Waals surface area contributed by atoms with E-state index in [9.17, 15) is 0 Å². The standard InChI is InChI=1S/C18H34N2/c1-3-17(2)10-12-20(13-11-17)15-18(8-4-5-9-18)14-19-16-6-7-16/h16,19H,3-15H2,1-2H3. The Morgan fingerprint density at radius 1 is 1.05 bits per heavy atom. The van der Waals surface area contributed by atoms with E-state index in [2.05, 4.69) is 24.1 Å². The van der Waals surface area contributed by atoms with Crippen molar-refractivity contribution in [3.63, 3.8) is 0 Å². The predicted octanol–water partition coefficient (Wildman–Crippen LogP) is 3.81. The zero-order chi connectivity index (χ0) is 14.1. The van der Waals surface area contributed by atoms with Crippen LogP contribution in [0.1, 0.15) is 71.6 Å². The van der Waals surface area contributed by atoms with Gasteiger partial charge in [-0.1, -0.05) is 33.1 Å². The maximum absolute atomic E-state index is 3.83. The van der Waals surface area contributed by atoms with Crippen LogP contribution in [0.2, 0.25) is 0 Å². The Hall–Kier alpha value is -0.0800. The maximum atomic E-state index is 3.83. The molecule has 2 aliphatic carbocycles. The molecule has 20 heavy (non-hydrogen) atoms. The molecule has 1 heterocycles. The first-order valence-corrected chi connectivity index (χ1v) is 9.09. The third-order valence-corrected chi connectivity index (χ3v) is 6.48. The third-order valence-electron chi connectivity index (χ3n) is 6.48. The van der Waals surface area contributed by atoms with Crippen molar-refractivity contribution in [3.8, 4) is 0 Å². The predicted molar refractivity (Wildman–Crippen MR) is 86.0 cm³/mol. The van der Waals surface area contributed by atoms with Crippen LogP contribution in [0.15, 0.2) is 0 Å². The van der Waals surface area contributed by atoms with E-state index < -0.39 is 0 Å². The smallest absolute Gasteiger partial charge is 0.00684 e. The van der Waals surface area contributed by atoms with Gasteiger partial charge in [0.25, 0.3) is 0 Å². The highest BCUT2D eigenvalue weighted by atomic mass is 15.1. The van der Waals surface area contributed by atoms with Gasteiger partial charge in [-0.25, -0.2) is 0 Å². The van der Waals surface area contributed by atoms with Gasteiger partial charge in [0.15, 0.2) is 0 Å². The molecule has 2 saturated carbocycles. The van der Waals surface area contributed by atoms with Crippen LogP contribution >= 0.6 is 0 Å². The molecule has 2 heteroatoms. The van der Waals surface area contributed by atoms with E-state index in [4.69, 9.17) is 0 Å². The Labute approximate surface area is 125 Å². The molecule has 0 unspecified atom stereocenters. The number of nitrogens with zero attached hydrogens (tertiary/aromatic N) is 1. The third kappa shape index (κ3) is 3.57. The van der Waals surface area contributed by atoms with Crippen molar-refractivity contribution in [1.82, 2.24) is 10.2 Å². The van der Waals surface area contributed by atoms with E-state index in [1.54, 1.807) is 0 Å². The Bertz CT molecular complexity index is 307. The van der Waals surface area contributed by atoms with Gasteiger partial charge in [-0.2, -0.15) is 0 Å². The molecule has 3 rings (SSSR count). The van der Waals surface area contributed by atoms with Crippen LogP contribution in [-0.4, -0.2) is 37.1 Å². The molecule has 0 atom stereocenters. The van der Waals surface area contributed by atoms with Crippen LogP contribution in [-0.2, 0) is 0 Å². The molecule has 3 fully saturated rings. The number of hydrogen-bond donors (Lipinski definition) is 1. The first kappa shape index (κ1) is 14.8. The van der Waals surface area contributed by atoms with Crippen molar-refractivity contribution in [2.75, 3.05) is 26.2 Å². The van der Waals surface area contributed by atoms with E-state index in [1.807, 2.05) is 0 Å². The van der Waals surface area contributed by atoms with Gasteiger partial charge in [-0.05, 0) is 62.4 Å². The molecule has 3 aliphatic rings. The molecule has 116 valence electrons. The monoisotopic (exact) mass is 278 g/mol. The summed E-state index contributed by atoms with van der Waals surface area (Å²) >= 11 is 0. The number of likely N-dealkylation sites (tertiary alicyclic amines) is 1. The van der Waals surface area contributed by atoms with Gasteiger partial charge in [0.05, 0.1) is 0 Å². The number of piperidine rings is 1. The highest BCUT2D eigenvalue weighted by Crippen LogP contribution is 2.41. The molecule has 0 radical (unpaired) electrons. The summed E-state index contributed by atoms with van der Waals surface area (Å²) in [6.45, 7) is 10.2. The van der Waals surface area contributed by atoms with Crippen molar-refractivity contribution in [3.05, 3.63) is 0 Å². The van der Waals surface area contributed by atoms with Gasteiger partial charge >= 0.3 is 0 Å². The van der Waals surface area contributed by atoms with Crippen LogP contribution in [0.5, 0.6) is 0 Å². The van der Waals surface area contributed by atoms with Crippen molar-refractivity contribution in [2.45, 2.75) is 77.7 Å². The Morgan fingerprint density at radius 3 is 2.25 bits per heavy atom. The summed E-state index contributed by atoms with van der Waals surface area (Å²) in [6, 6.07) is 0.872. The van der Waals surface area contributed by atoms with Gasteiger partial charge in [-0.15, -0.1) is 0 Å². The summed E-state index contributed by atoms with van der Waals surface area (Å²) in [5.74, 6) is 0. The zero-order valence-corrected chi connectivity index (χ0v) is 13.7. The number of hydrogen-bond acceptors (Lipinski definition) is 2. The first-order chi connectivity index (χ1) is 9.63. The van der Waals surface area contributed by atoms with E-state index >= 15 is 0 Å². The summed E-state index contributed by atoms with van der Waals surface area (Å²) in [6.07, 6.45) is 12.9. The molecular weight excluding hydrogens is 244 g/mol. The summed E-state index contributed by atoms with van der Waals surface area (Å²) in [5, 5.41) is 3.83. The molecule has 1 N–H and O–H groups in total. The highest BCUT2D eigenvalue weighted by molar-refractivity contribution is 4.94. The van der Waals surface area contributed by atoms with E-state index in [0.29, 0.717) is 10.8 Å². The molecule has 0 aromatic carbocycles. The molecular formula is C18H34N2. The summed E-state index contributed by atoms with van der Waals surface area (Å²) in [7, 11) is 0. The van der Waals surface area contributed by atoms with Crippen LogP contribution in [0.3, 0.4) is 0 Å². The van der Waals surface area contributed by atoms with Crippen LogP contribution in [0, 0.1) is 10.8 Å². The lowest BCUT2D eigenvalue weighted by Gasteiger charge is -2.43.